The topological polar surface area (TPSA) is 80.2 Å². The number of methoxy groups -OCH3 is 2. The lowest BCUT2D eigenvalue weighted by molar-refractivity contribution is 0.0952. The van der Waals surface area contributed by atoms with Gasteiger partial charge in [-0.25, -0.2) is 5.43 Å². The van der Waals surface area contributed by atoms with Crippen molar-refractivity contribution in [1.82, 2.24) is 5.43 Å². The van der Waals surface area contributed by atoms with Gasteiger partial charge in [0.25, 0.3) is 5.91 Å². The molecule has 126 valence electrons. The van der Waals surface area contributed by atoms with Crippen molar-refractivity contribution >= 4 is 34.7 Å². The first-order valence-electron chi connectivity index (χ1n) is 7.00. The van der Waals surface area contributed by atoms with Crippen LogP contribution in [0.25, 0.3) is 0 Å². The second-order valence-electron chi connectivity index (χ2n) is 4.96. The van der Waals surface area contributed by atoms with Crippen molar-refractivity contribution in [3.05, 3.63) is 50.6 Å². The van der Waals surface area contributed by atoms with Crippen molar-refractivity contribution in [3.8, 4) is 17.2 Å². The molecule has 0 saturated carbocycles. The fourth-order valence-corrected chi connectivity index (χ4v) is 2.66. The number of hydrazone groups is 1. The summed E-state index contributed by atoms with van der Waals surface area (Å²) >= 11 is 1.99. The Morgan fingerprint density at radius 2 is 1.92 bits per heavy atom. The zero-order valence-electron chi connectivity index (χ0n) is 13.5. The smallest absolute Gasteiger partial charge is 0.275 e. The third-order valence-electron chi connectivity index (χ3n) is 3.25. The molecule has 2 aromatic rings. The molecule has 2 rings (SSSR count). The Balaban J connectivity index is 2.15. The van der Waals surface area contributed by atoms with Crippen LogP contribution in [0.4, 0.5) is 0 Å². The van der Waals surface area contributed by atoms with Gasteiger partial charge in [-0.3, -0.25) is 4.79 Å². The molecular weight excluding hydrogens is 423 g/mol. The van der Waals surface area contributed by atoms with Crippen LogP contribution in [-0.2, 0) is 0 Å². The van der Waals surface area contributed by atoms with Gasteiger partial charge in [-0.15, -0.1) is 0 Å². The van der Waals surface area contributed by atoms with E-state index in [4.69, 9.17) is 9.47 Å². The zero-order valence-corrected chi connectivity index (χ0v) is 15.6. The van der Waals surface area contributed by atoms with E-state index in [2.05, 4.69) is 10.5 Å². The van der Waals surface area contributed by atoms with Crippen molar-refractivity contribution < 1.29 is 19.4 Å². The van der Waals surface area contributed by atoms with Gasteiger partial charge in [0.1, 0.15) is 5.75 Å². The molecule has 6 nitrogen and oxygen atoms in total. The number of halogens is 1. The van der Waals surface area contributed by atoms with Gasteiger partial charge in [0.15, 0.2) is 11.5 Å². The molecule has 0 unspecified atom stereocenters. The first-order valence-corrected chi connectivity index (χ1v) is 8.08. The van der Waals surface area contributed by atoms with Gasteiger partial charge >= 0.3 is 0 Å². The molecule has 0 radical (unpaired) electrons. The highest BCUT2D eigenvalue weighted by Crippen LogP contribution is 2.31. The number of carbonyl (C=O) groups excluding carboxylic acids is 1. The standard InChI is InChI=1S/C17H17IN2O4/c1-10-4-5-12(14(6-10)23-2)17(22)20-19-9-11-7-13(18)16(21)15(8-11)24-3/h4-9,21H,1-3H3,(H,20,22)/b19-9-. The van der Waals surface area contributed by atoms with Crippen LogP contribution < -0.4 is 14.9 Å². The molecule has 2 N–H and O–H groups in total. The van der Waals surface area contributed by atoms with Crippen LogP contribution in [0.15, 0.2) is 35.4 Å². The van der Waals surface area contributed by atoms with E-state index in [1.165, 1.54) is 20.4 Å². The van der Waals surface area contributed by atoms with Crippen molar-refractivity contribution in [3.63, 3.8) is 0 Å². The predicted molar refractivity (Wildman–Crippen MR) is 100 cm³/mol. The molecular formula is C17H17IN2O4. The van der Waals surface area contributed by atoms with E-state index in [9.17, 15) is 9.90 Å². The van der Waals surface area contributed by atoms with Crippen LogP contribution in [0.5, 0.6) is 17.2 Å². The number of ether oxygens (including phenoxy) is 2. The summed E-state index contributed by atoms with van der Waals surface area (Å²) in [4.78, 5) is 12.2. The molecule has 0 aromatic heterocycles. The van der Waals surface area contributed by atoms with Crippen LogP contribution in [0.2, 0.25) is 0 Å². The minimum absolute atomic E-state index is 0.0728. The third kappa shape index (κ3) is 4.16. The minimum Gasteiger partial charge on any atom is -0.504 e. The Kier molecular flexibility index (Phi) is 6.02. The van der Waals surface area contributed by atoms with Crippen molar-refractivity contribution in [2.45, 2.75) is 6.92 Å². The summed E-state index contributed by atoms with van der Waals surface area (Å²) in [5.41, 5.74) is 4.54. The Morgan fingerprint density at radius 1 is 1.21 bits per heavy atom. The number of amides is 1. The van der Waals surface area contributed by atoms with Crippen molar-refractivity contribution in [2.24, 2.45) is 5.10 Å². The molecule has 0 aliphatic heterocycles. The highest BCUT2D eigenvalue weighted by Gasteiger charge is 2.11. The van der Waals surface area contributed by atoms with Crippen LogP contribution in [0, 0.1) is 10.5 Å². The van der Waals surface area contributed by atoms with Crippen molar-refractivity contribution in [2.75, 3.05) is 14.2 Å². The number of benzene rings is 2. The highest BCUT2D eigenvalue weighted by atomic mass is 127. The largest absolute Gasteiger partial charge is 0.504 e. The van der Waals surface area contributed by atoms with Gasteiger partial charge in [0.2, 0.25) is 0 Å². The predicted octanol–water partition coefficient (Wildman–Crippen LogP) is 3.09. The summed E-state index contributed by atoms with van der Waals surface area (Å²) in [5.74, 6) is 0.533. The van der Waals surface area contributed by atoms with Gasteiger partial charge in [0.05, 0.1) is 29.6 Å². The van der Waals surface area contributed by atoms with Gasteiger partial charge < -0.3 is 14.6 Å². The maximum Gasteiger partial charge on any atom is 0.275 e. The molecule has 0 saturated heterocycles. The molecule has 0 bridgehead atoms. The number of carbonyl (C=O) groups is 1. The number of nitrogens with zero attached hydrogens (tertiary/aromatic N) is 1. The molecule has 24 heavy (non-hydrogen) atoms. The van der Waals surface area contributed by atoms with Gasteiger partial charge in [-0.1, -0.05) is 6.07 Å². The molecule has 0 fully saturated rings. The number of aromatic hydroxyl groups is 1. The summed E-state index contributed by atoms with van der Waals surface area (Å²) in [5, 5.41) is 13.7. The van der Waals surface area contributed by atoms with E-state index < -0.39 is 0 Å². The average Bonchev–Trinajstić information content (AvgIpc) is 2.57. The summed E-state index contributed by atoms with van der Waals surface area (Å²) in [6.45, 7) is 1.92. The van der Waals surface area contributed by atoms with Gasteiger partial charge in [-0.2, -0.15) is 5.10 Å². The lowest BCUT2D eigenvalue weighted by atomic mass is 10.1. The Hall–Kier alpha value is -2.29. The second kappa shape index (κ2) is 8.00. The maximum atomic E-state index is 12.2. The Labute approximate surface area is 153 Å². The molecule has 0 aliphatic carbocycles. The maximum absolute atomic E-state index is 12.2. The quantitative estimate of drug-likeness (QED) is 0.426. The fraction of sp³-hybridized carbons (Fsp3) is 0.176. The highest BCUT2D eigenvalue weighted by molar-refractivity contribution is 14.1. The lowest BCUT2D eigenvalue weighted by Crippen LogP contribution is -2.18. The Morgan fingerprint density at radius 3 is 2.58 bits per heavy atom. The summed E-state index contributed by atoms with van der Waals surface area (Å²) < 4.78 is 10.9. The lowest BCUT2D eigenvalue weighted by Gasteiger charge is -2.08. The number of hydrogen-bond donors (Lipinski definition) is 2. The van der Waals surface area contributed by atoms with E-state index in [1.54, 1.807) is 24.3 Å². The molecule has 2 aromatic carbocycles. The van der Waals surface area contributed by atoms with E-state index in [0.29, 0.717) is 26.2 Å². The number of phenols is 1. The molecule has 0 heterocycles. The van der Waals surface area contributed by atoms with Crippen LogP contribution >= 0.6 is 22.6 Å². The minimum atomic E-state index is -0.372. The summed E-state index contributed by atoms with van der Waals surface area (Å²) in [6.07, 6.45) is 1.47. The van der Waals surface area contributed by atoms with Crippen LogP contribution in [0.3, 0.4) is 0 Å². The second-order valence-corrected chi connectivity index (χ2v) is 6.12. The number of nitrogens with one attached hydrogen (secondary N) is 1. The van der Waals surface area contributed by atoms with Crippen molar-refractivity contribution in [1.29, 1.82) is 0 Å². The normalized spacial score (nSPS) is 10.7. The number of rotatable bonds is 5. The molecule has 0 aliphatic rings. The first-order chi connectivity index (χ1) is 11.5. The van der Waals surface area contributed by atoms with Crippen LogP contribution in [-0.4, -0.2) is 31.4 Å². The molecule has 0 atom stereocenters. The van der Waals surface area contributed by atoms with Gasteiger partial charge in [-0.05, 0) is 64.9 Å². The Bertz CT molecular complexity index is 790. The monoisotopic (exact) mass is 440 g/mol. The van der Waals surface area contributed by atoms with Gasteiger partial charge in [0, 0.05) is 0 Å². The molecule has 1 amide bonds. The van der Waals surface area contributed by atoms with E-state index in [-0.39, 0.29) is 11.7 Å². The number of phenolic OH excluding ortho intramolecular Hbond substituents is 1. The number of aryl methyl sites for hydroxylation is 1. The van der Waals surface area contributed by atoms with Crippen LogP contribution in [0.1, 0.15) is 21.5 Å². The zero-order chi connectivity index (χ0) is 17.7. The first kappa shape index (κ1) is 18.1. The number of hydrogen-bond acceptors (Lipinski definition) is 5. The van der Waals surface area contributed by atoms with E-state index in [1.807, 2.05) is 35.6 Å². The van der Waals surface area contributed by atoms with E-state index in [0.717, 1.165) is 5.56 Å². The summed E-state index contributed by atoms with van der Waals surface area (Å²) in [6, 6.07) is 8.64. The fourth-order valence-electron chi connectivity index (χ4n) is 2.04. The molecule has 7 heteroatoms. The molecule has 0 spiro atoms. The third-order valence-corrected chi connectivity index (χ3v) is 4.07. The summed E-state index contributed by atoms with van der Waals surface area (Å²) in [7, 11) is 2.98. The van der Waals surface area contributed by atoms with E-state index >= 15 is 0 Å². The average molecular weight is 440 g/mol. The SMILES string of the molecule is COc1cc(C)ccc1C(=O)N/N=C\c1cc(I)c(O)c(OC)c1.